The van der Waals surface area contributed by atoms with Crippen molar-refractivity contribution in [2.75, 3.05) is 19.0 Å². The first-order valence-corrected chi connectivity index (χ1v) is 17.4. The van der Waals surface area contributed by atoms with Crippen LogP contribution in [0.4, 0.5) is 0 Å². The third-order valence-electron chi connectivity index (χ3n) is 6.28. The Hall–Kier alpha value is -0.0700. The van der Waals surface area contributed by atoms with Crippen LogP contribution in [-0.2, 0) is 23.4 Å². The van der Waals surface area contributed by atoms with Crippen LogP contribution < -0.4 is 0 Å². The van der Waals surface area contributed by atoms with Gasteiger partial charge in [-0.2, -0.15) is 11.8 Å². The summed E-state index contributed by atoms with van der Waals surface area (Å²) >= 11 is 1.84. The molecule has 36 heavy (non-hydrogen) atoms. The number of rotatable bonds is 26. The van der Waals surface area contributed by atoms with Gasteiger partial charge < -0.3 is 18.9 Å². The molecule has 8 heteroatoms. The lowest BCUT2D eigenvalue weighted by Crippen LogP contribution is -2.31. The molecule has 0 radical (unpaired) electrons. The van der Waals surface area contributed by atoms with Crippen LogP contribution in [0.15, 0.2) is 0 Å². The maximum Gasteiger partial charge on any atom is 0.368 e. The highest BCUT2D eigenvalue weighted by Crippen LogP contribution is 2.51. The van der Waals surface area contributed by atoms with Gasteiger partial charge in [0, 0.05) is 11.9 Å². The topological polar surface area (TPSA) is 82.1 Å². The zero-order valence-electron chi connectivity index (χ0n) is 24.0. The van der Waals surface area contributed by atoms with Crippen LogP contribution in [0.2, 0.25) is 0 Å². The summed E-state index contributed by atoms with van der Waals surface area (Å²) < 4.78 is 29.2. The molecule has 0 aliphatic carbocycles. The van der Waals surface area contributed by atoms with Gasteiger partial charge in [0.1, 0.15) is 0 Å². The van der Waals surface area contributed by atoms with Gasteiger partial charge in [-0.1, -0.05) is 104 Å². The van der Waals surface area contributed by atoms with Crippen LogP contribution in [0.1, 0.15) is 137 Å². The van der Waals surface area contributed by atoms with Gasteiger partial charge in [0.15, 0.2) is 0 Å². The molecular weight excluding hydrogens is 495 g/mol. The molecule has 0 aromatic carbocycles. The molecule has 4 atom stereocenters. The van der Waals surface area contributed by atoms with E-state index in [1.54, 1.807) is 6.92 Å². The van der Waals surface area contributed by atoms with E-state index in [9.17, 15) is 14.3 Å². The number of ether oxygens (including phenoxy) is 2. The van der Waals surface area contributed by atoms with E-state index < -0.39 is 25.5 Å². The van der Waals surface area contributed by atoms with Crippen LogP contribution in [0.3, 0.4) is 0 Å². The molecule has 4 unspecified atom stereocenters. The largest absolute Gasteiger partial charge is 0.464 e. The molecule has 1 N–H and O–H groups in total. The molecule has 0 amide bonds. The summed E-state index contributed by atoms with van der Waals surface area (Å²) in [5.41, 5.74) is 0. The number of carbonyl (C=O) groups is 1. The van der Waals surface area contributed by atoms with Crippen molar-refractivity contribution in [3.05, 3.63) is 0 Å². The van der Waals surface area contributed by atoms with E-state index in [1.165, 1.54) is 70.6 Å². The Morgan fingerprint density at radius 2 is 1.33 bits per heavy atom. The van der Waals surface area contributed by atoms with Gasteiger partial charge in [0.05, 0.1) is 12.7 Å². The van der Waals surface area contributed by atoms with Crippen LogP contribution in [0.5, 0.6) is 0 Å². The maximum absolute atomic E-state index is 13.1. The summed E-state index contributed by atoms with van der Waals surface area (Å²) in [7, 11) is -4.35. The van der Waals surface area contributed by atoms with Crippen molar-refractivity contribution in [3.8, 4) is 0 Å². The lowest BCUT2D eigenvalue weighted by Gasteiger charge is -2.28. The van der Waals surface area contributed by atoms with E-state index >= 15 is 0 Å². The smallest absolute Gasteiger partial charge is 0.368 e. The number of hydrogen-bond donors (Lipinski definition) is 1. The number of thioether (sulfide) groups is 1. The molecule has 0 aromatic heterocycles. The van der Waals surface area contributed by atoms with Gasteiger partial charge in [-0.3, -0.25) is 4.57 Å². The summed E-state index contributed by atoms with van der Waals surface area (Å²) in [6.45, 7) is 10.2. The molecule has 6 nitrogen and oxygen atoms in total. The first-order valence-electron chi connectivity index (χ1n) is 14.7. The first kappa shape index (κ1) is 35.9. The molecule has 0 saturated carbocycles. The lowest BCUT2D eigenvalue weighted by atomic mass is 10.1. The highest BCUT2D eigenvalue weighted by atomic mass is 32.2. The highest BCUT2D eigenvalue weighted by Gasteiger charge is 2.43. The predicted molar refractivity (Wildman–Crippen MR) is 154 cm³/mol. The Morgan fingerprint density at radius 1 is 0.806 bits per heavy atom. The Kier molecular flexibility index (Phi) is 24.0. The Balaban J connectivity index is 4.82. The Bertz CT molecular complexity index is 562. The SMILES string of the molecule is CCCCCCCCCCCSC(CCCCCCC)C(C)OP(=O)(O)C(OCCC)C(=O)OCC. The van der Waals surface area contributed by atoms with Crippen molar-refractivity contribution < 1.29 is 28.3 Å². The third-order valence-corrected chi connectivity index (χ3v) is 9.44. The van der Waals surface area contributed by atoms with Crippen molar-refractivity contribution in [1.82, 2.24) is 0 Å². The Labute approximate surface area is 226 Å². The van der Waals surface area contributed by atoms with E-state index in [0.29, 0.717) is 6.42 Å². The van der Waals surface area contributed by atoms with E-state index in [0.717, 1.165) is 31.4 Å². The molecule has 0 spiro atoms. The Morgan fingerprint density at radius 3 is 1.86 bits per heavy atom. The first-order chi connectivity index (χ1) is 17.3. The molecule has 0 aliphatic rings. The standard InChI is InChI=1S/C28H57O6PS/c1-6-10-12-14-15-16-17-19-21-24-36-26(22-20-18-13-11-7-2)25(5)34-35(30,31)28(33-23-8-3)27(29)32-9-4/h25-26,28H,6-24H2,1-5H3,(H,30,31). The van der Waals surface area contributed by atoms with Crippen LogP contribution in [0.25, 0.3) is 0 Å². The highest BCUT2D eigenvalue weighted by molar-refractivity contribution is 7.99. The van der Waals surface area contributed by atoms with E-state index in [1.807, 2.05) is 25.6 Å². The monoisotopic (exact) mass is 552 g/mol. The third kappa shape index (κ3) is 18.2. The summed E-state index contributed by atoms with van der Waals surface area (Å²) in [6, 6.07) is 0. The number of hydrogen-bond acceptors (Lipinski definition) is 6. The van der Waals surface area contributed by atoms with Gasteiger partial charge in [0.25, 0.3) is 5.85 Å². The number of carbonyl (C=O) groups excluding carboxylic acids is 1. The van der Waals surface area contributed by atoms with Crippen molar-refractivity contribution in [1.29, 1.82) is 0 Å². The minimum Gasteiger partial charge on any atom is -0.464 e. The van der Waals surface area contributed by atoms with Crippen molar-refractivity contribution in [3.63, 3.8) is 0 Å². The summed E-state index contributed by atoms with van der Waals surface area (Å²) in [5.74, 6) is -1.40. The van der Waals surface area contributed by atoms with E-state index in [-0.39, 0.29) is 18.5 Å². The fourth-order valence-electron chi connectivity index (χ4n) is 4.15. The fourth-order valence-corrected chi connectivity index (χ4v) is 6.93. The minimum absolute atomic E-state index is 0.107. The maximum atomic E-state index is 13.1. The van der Waals surface area contributed by atoms with Gasteiger partial charge in [-0.05, 0) is 38.9 Å². The molecule has 0 saturated heterocycles. The minimum atomic E-state index is -4.35. The normalized spacial score (nSPS) is 15.8. The fraction of sp³-hybridized carbons (Fsp3) is 0.964. The zero-order valence-corrected chi connectivity index (χ0v) is 25.7. The second-order valence-corrected chi connectivity index (χ2v) is 12.9. The molecule has 0 fully saturated rings. The summed E-state index contributed by atoms with van der Waals surface area (Å²) in [5, 5.41) is 0.107. The molecule has 0 heterocycles. The molecule has 216 valence electrons. The molecule has 0 aliphatic heterocycles. The van der Waals surface area contributed by atoms with Crippen molar-refractivity contribution in [2.24, 2.45) is 0 Å². The number of esters is 1. The van der Waals surface area contributed by atoms with Gasteiger partial charge in [-0.15, -0.1) is 0 Å². The zero-order chi connectivity index (χ0) is 27.1. The van der Waals surface area contributed by atoms with E-state index in [4.69, 9.17) is 14.0 Å². The average molecular weight is 553 g/mol. The van der Waals surface area contributed by atoms with Gasteiger partial charge >= 0.3 is 13.6 Å². The molecule has 0 rings (SSSR count). The van der Waals surface area contributed by atoms with Gasteiger partial charge in [0.2, 0.25) is 0 Å². The quantitative estimate of drug-likeness (QED) is 0.0652. The second-order valence-electron chi connectivity index (χ2n) is 9.79. The lowest BCUT2D eigenvalue weighted by molar-refractivity contribution is -0.152. The second kappa shape index (κ2) is 24.0. The molecular formula is C28H57O6PS. The molecule has 0 aromatic rings. The summed E-state index contributed by atoms with van der Waals surface area (Å²) in [6.07, 6.45) is 18.7. The average Bonchev–Trinajstić information content (AvgIpc) is 2.83. The molecule has 0 bridgehead atoms. The van der Waals surface area contributed by atoms with Gasteiger partial charge in [-0.25, -0.2) is 4.79 Å². The van der Waals surface area contributed by atoms with Crippen molar-refractivity contribution in [2.45, 2.75) is 155 Å². The number of unbranched alkanes of at least 4 members (excludes halogenated alkanes) is 12. The van der Waals surface area contributed by atoms with Crippen molar-refractivity contribution >= 4 is 25.3 Å². The predicted octanol–water partition coefficient (Wildman–Crippen LogP) is 8.89. The van der Waals surface area contributed by atoms with Crippen LogP contribution >= 0.6 is 19.4 Å². The van der Waals surface area contributed by atoms with Crippen LogP contribution in [0, 0.1) is 0 Å². The van der Waals surface area contributed by atoms with Crippen LogP contribution in [-0.4, -0.2) is 47.0 Å². The van der Waals surface area contributed by atoms with E-state index in [2.05, 4.69) is 13.8 Å². The summed E-state index contributed by atoms with van der Waals surface area (Å²) in [4.78, 5) is 23.0.